The summed E-state index contributed by atoms with van der Waals surface area (Å²) in [5.41, 5.74) is 2.14. The lowest BCUT2D eigenvalue weighted by Gasteiger charge is -2.06. The molecule has 100 valence electrons. The standard InChI is InChI=1S/C15H17ClN2O/c1-11-10-18(15(17-11)12(2)19)9-3-4-13-5-7-14(16)8-6-13/h5-8,10H,3-4,9H2,1-2H3. The highest BCUT2D eigenvalue weighted by atomic mass is 35.5. The Morgan fingerprint density at radius 1 is 1.32 bits per heavy atom. The number of aromatic nitrogens is 2. The van der Waals surface area contributed by atoms with Crippen molar-refractivity contribution in [2.24, 2.45) is 0 Å². The minimum Gasteiger partial charge on any atom is -0.328 e. The van der Waals surface area contributed by atoms with Crippen molar-refractivity contribution in [1.82, 2.24) is 9.55 Å². The lowest BCUT2D eigenvalue weighted by atomic mass is 10.1. The molecule has 3 nitrogen and oxygen atoms in total. The largest absolute Gasteiger partial charge is 0.328 e. The van der Waals surface area contributed by atoms with Crippen LogP contribution in [-0.2, 0) is 13.0 Å². The van der Waals surface area contributed by atoms with Crippen LogP contribution < -0.4 is 0 Å². The number of hydrogen-bond acceptors (Lipinski definition) is 2. The zero-order valence-electron chi connectivity index (χ0n) is 11.2. The highest BCUT2D eigenvalue weighted by Gasteiger charge is 2.09. The Hall–Kier alpha value is -1.61. The number of Topliss-reactive ketones (excluding diaryl/α,β-unsaturated/α-hetero) is 1. The maximum atomic E-state index is 11.5. The monoisotopic (exact) mass is 276 g/mol. The van der Waals surface area contributed by atoms with Crippen LogP contribution in [0.2, 0.25) is 5.02 Å². The molecule has 0 aliphatic carbocycles. The molecule has 0 saturated carbocycles. The van der Waals surface area contributed by atoms with E-state index in [1.807, 2.05) is 42.0 Å². The van der Waals surface area contributed by atoms with Crippen molar-refractivity contribution in [1.29, 1.82) is 0 Å². The lowest BCUT2D eigenvalue weighted by Crippen LogP contribution is -2.07. The summed E-state index contributed by atoms with van der Waals surface area (Å²) in [7, 11) is 0. The number of nitrogens with zero attached hydrogens (tertiary/aromatic N) is 2. The number of halogens is 1. The first kappa shape index (κ1) is 13.8. The summed E-state index contributed by atoms with van der Waals surface area (Å²) in [6.07, 6.45) is 3.86. The minimum absolute atomic E-state index is 0.0135. The molecule has 0 radical (unpaired) electrons. The second kappa shape index (κ2) is 6.02. The van der Waals surface area contributed by atoms with Crippen LogP contribution in [-0.4, -0.2) is 15.3 Å². The Labute approximate surface area is 118 Å². The van der Waals surface area contributed by atoms with Crippen LogP contribution in [0.25, 0.3) is 0 Å². The Kier molecular flexibility index (Phi) is 4.38. The third kappa shape index (κ3) is 3.67. The molecule has 0 spiro atoms. The topological polar surface area (TPSA) is 34.9 Å². The number of carbonyl (C=O) groups excluding carboxylic acids is 1. The molecule has 0 N–H and O–H groups in total. The van der Waals surface area contributed by atoms with Crippen molar-refractivity contribution in [3.05, 3.63) is 52.6 Å². The van der Waals surface area contributed by atoms with Crippen molar-refractivity contribution >= 4 is 17.4 Å². The predicted molar refractivity (Wildman–Crippen MR) is 76.7 cm³/mol. The number of aryl methyl sites for hydroxylation is 3. The zero-order valence-corrected chi connectivity index (χ0v) is 11.9. The third-order valence-electron chi connectivity index (χ3n) is 2.99. The van der Waals surface area contributed by atoms with E-state index in [4.69, 9.17) is 11.6 Å². The van der Waals surface area contributed by atoms with Crippen molar-refractivity contribution in [2.75, 3.05) is 0 Å². The van der Waals surface area contributed by atoms with E-state index in [1.54, 1.807) is 6.92 Å². The lowest BCUT2D eigenvalue weighted by molar-refractivity contribution is 0.0999. The predicted octanol–water partition coefficient (Wildman–Crippen LogP) is 3.68. The molecule has 4 heteroatoms. The van der Waals surface area contributed by atoms with E-state index in [9.17, 15) is 4.79 Å². The van der Waals surface area contributed by atoms with Gasteiger partial charge in [0.05, 0.1) is 5.69 Å². The molecule has 0 atom stereocenters. The highest BCUT2D eigenvalue weighted by molar-refractivity contribution is 6.30. The van der Waals surface area contributed by atoms with E-state index < -0.39 is 0 Å². The molecule has 0 fully saturated rings. The maximum Gasteiger partial charge on any atom is 0.195 e. The van der Waals surface area contributed by atoms with Crippen LogP contribution in [0.5, 0.6) is 0 Å². The molecule has 2 rings (SSSR count). The molecule has 1 heterocycles. The van der Waals surface area contributed by atoms with Gasteiger partial charge >= 0.3 is 0 Å². The zero-order chi connectivity index (χ0) is 13.8. The minimum atomic E-state index is 0.0135. The normalized spacial score (nSPS) is 10.7. The van der Waals surface area contributed by atoms with Crippen molar-refractivity contribution in [3.8, 4) is 0 Å². The van der Waals surface area contributed by atoms with Gasteiger partial charge < -0.3 is 4.57 Å². The number of rotatable bonds is 5. The summed E-state index contributed by atoms with van der Waals surface area (Å²) < 4.78 is 1.94. The second-order valence-corrected chi connectivity index (χ2v) is 5.12. The Balaban J connectivity index is 1.96. The van der Waals surface area contributed by atoms with Gasteiger partial charge in [-0.25, -0.2) is 4.98 Å². The highest BCUT2D eigenvalue weighted by Crippen LogP contribution is 2.12. The Morgan fingerprint density at radius 2 is 2.00 bits per heavy atom. The van der Waals surface area contributed by atoms with Gasteiger partial charge in [0.15, 0.2) is 11.6 Å². The summed E-state index contributed by atoms with van der Waals surface area (Å²) in [5.74, 6) is 0.563. The average molecular weight is 277 g/mol. The summed E-state index contributed by atoms with van der Waals surface area (Å²) in [5, 5.41) is 0.757. The molecule has 0 aliphatic rings. The molecule has 2 aromatic rings. The molecule has 0 unspecified atom stereocenters. The van der Waals surface area contributed by atoms with E-state index in [1.165, 1.54) is 5.56 Å². The molecular formula is C15H17ClN2O. The van der Waals surface area contributed by atoms with Crippen LogP contribution >= 0.6 is 11.6 Å². The number of ketones is 1. The first-order chi connectivity index (χ1) is 9.06. The molecule has 19 heavy (non-hydrogen) atoms. The number of benzene rings is 1. The van der Waals surface area contributed by atoms with Gasteiger partial charge in [0.25, 0.3) is 0 Å². The fourth-order valence-electron chi connectivity index (χ4n) is 2.10. The SMILES string of the molecule is CC(=O)c1nc(C)cn1CCCc1ccc(Cl)cc1. The number of imidazole rings is 1. The van der Waals surface area contributed by atoms with Crippen LogP contribution in [0.1, 0.15) is 35.2 Å². The second-order valence-electron chi connectivity index (χ2n) is 4.69. The molecular weight excluding hydrogens is 260 g/mol. The van der Waals surface area contributed by atoms with Gasteiger partial charge in [-0.05, 0) is 37.5 Å². The first-order valence-corrected chi connectivity index (χ1v) is 6.73. The van der Waals surface area contributed by atoms with Gasteiger partial charge in [0.1, 0.15) is 0 Å². The molecule has 0 aliphatic heterocycles. The van der Waals surface area contributed by atoms with Crippen molar-refractivity contribution < 1.29 is 4.79 Å². The van der Waals surface area contributed by atoms with Crippen molar-refractivity contribution in [2.45, 2.75) is 33.2 Å². The van der Waals surface area contributed by atoms with Crippen LogP contribution in [0.4, 0.5) is 0 Å². The van der Waals surface area contributed by atoms with Crippen LogP contribution in [0, 0.1) is 6.92 Å². The van der Waals surface area contributed by atoms with E-state index in [0.717, 1.165) is 30.1 Å². The summed E-state index contributed by atoms with van der Waals surface area (Å²) in [6, 6.07) is 7.87. The molecule has 1 aromatic carbocycles. The number of carbonyl (C=O) groups is 1. The molecule has 0 amide bonds. The first-order valence-electron chi connectivity index (χ1n) is 6.35. The fourth-order valence-corrected chi connectivity index (χ4v) is 2.23. The summed E-state index contributed by atoms with van der Waals surface area (Å²) in [6.45, 7) is 4.26. The maximum absolute atomic E-state index is 11.5. The summed E-state index contributed by atoms with van der Waals surface area (Å²) >= 11 is 5.85. The molecule has 0 bridgehead atoms. The average Bonchev–Trinajstić information content (AvgIpc) is 2.73. The van der Waals surface area contributed by atoms with Crippen LogP contribution in [0.3, 0.4) is 0 Å². The van der Waals surface area contributed by atoms with Crippen LogP contribution in [0.15, 0.2) is 30.5 Å². The van der Waals surface area contributed by atoms with Gasteiger partial charge in [-0.15, -0.1) is 0 Å². The van der Waals surface area contributed by atoms with Gasteiger partial charge in [0.2, 0.25) is 0 Å². The third-order valence-corrected chi connectivity index (χ3v) is 3.24. The quantitative estimate of drug-likeness (QED) is 0.781. The summed E-state index contributed by atoms with van der Waals surface area (Å²) in [4.78, 5) is 15.7. The smallest absolute Gasteiger partial charge is 0.195 e. The Bertz CT molecular complexity index is 572. The van der Waals surface area contributed by atoms with Crippen molar-refractivity contribution in [3.63, 3.8) is 0 Å². The number of hydrogen-bond donors (Lipinski definition) is 0. The van der Waals surface area contributed by atoms with Gasteiger partial charge in [-0.1, -0.05) is 23.7 Å². The van der Waals surface area contributed by atoms with Gasteiger partial charge in [-0.2, -0.15) is 0 Å². The van der Waals surface area contributed by atoms with E-state index in [-0.39, 0.29) is 5.78 Å². The molecule has 0 saturated heterocycles. The fraction of sp³-hybridized carbons (Fsp3) is 0.333. The molecule has 1 aromatic heterocycles. The van der Waals surface area contributed by atoms with E-state index in [0.29, 0.717) is 5.82 Å². The van der Waals surface area contributed by atoms with E-state index in [2.05, 4.69) is 4.98 Å². The van der Waals surface area contributed by atoms with Gasteiger partial charge in [-0.3, -0.25) is 4.79 Å². The van der Waals surface area contributed by atoms with E-state index >= 15 is 0 Å². The Morgan fingerprint density at radius 3 is 2.63 bits per heavy atom. The van der Waals surface area contributed by atoms with Gasteiger partial charge in [0, 0.05) is 24.7 Å².